The van der Waals surface area contributed by atoms with Gasteiger partial charge in [0.1, 0.15) is 5.01 Å². The Morgan fingerprint density at radius 1 is 1.10 bits per heavy atom. The molecule has 0 aliphatic rings. The van der Waals surface area contributed by atoms with E-state index in [4.69, 9.17) is 0 Å². The van der Waals surface area contributed by atoms with E-state index in [-0.39, 0.29) is 5.56 Å². The lowest BCUT2D eigenvalue weighted by molar-refractivity contribution is 0.919. The highest BCUT2D eigenvalue weighted by Crippen LogP contribution is 2.25. The molecular weight excluding hydrogens is 282 g/mol. The van der Waals surface area contributed by atoms with E-state index in [1.807, 2.05) is 43.3 Å². The summed E-state index contributed by atoms with van der Waals surface area (Å²) in [6.45, 7) is 2.04. The first-order valence-electron chi connectivity index (χ1n) is 6.58. The summed E-state index contributed by atoms with van der Waals surface area (Å²) < 4.78 is 1.39. The van der Waals surface area contributed by atoms with Gasteiger partial charge in [0.25, 0.3) is 5.56 Å². The van der Waals surface area contributed by atoms with Crippen LogP contribution in [0, 0.1) is 6.92 Å². The lowest BCUT2D eigenvalue weighted by Gasteiger charge is -1.96. The van der Waals surface area contributed by atoms with Gasteiger partial charge in [-0.1, -0.05) is 47.2 Å². The molecule has 0 radical (unpaired) electrons. The molecule has 0 saturated carbocycles. The molecule has 4 aromatic rings. The minimum absolute atomic E-state index is 0.120. The van der Waals surface area contributed by atoms with Gasteiger partial charge in [-0.15, -0.1) is 0 Å². The summed E-state index contributed by atoms with van der Waals surface area (Å²) in [7, 11) is 0. The van der Waals surface area contributed by atoms with Crippen LogP contribution in [0.5, 0.6) is 0 Å². The van der Waals surface area contributed by atoms with Gasteiger partial charge in [-0.2, -0.15) is 9.61 Å². The Morgan fingerprint density at radius 2 is 1.95 bits per heavy atom. The Balaban J connectivity index is 2.04. The summed E-state index contributed by atoms with van der Waals surface area (Å²) in [5.74, 6) is 0. The molecule has 4 nitrogen and oxygen atoms in total. The zero-order chi connectivity index (χ0) is 14.4. The summed E-state index contributed by atoms with van der Waals surface area (Å²) in [5, 5.41) is 5.83. The Hall–Kier alpha value is -2.53. The van der Waals surface area contributed by atoms with Crippen molar-refractivity contribution in [3.63, 3.8) is 0 Å². The molecule has 0 bridgehead atoms. The first-order chi connectivity index (χ1) is 10.2. The van der Waals surface area contributed by atoms with Crippen molar-refractivity contribution in [2.45, 2.75) is 6.92 Å². The zero-order valence-corrected chi connectivity index (χ0v) is 12.1. The average molecular weight is 293 g/mol. The number of aromatic nitrogens is 3. The van der Waals surface area contributed by atoms with Gasteiger partial charge in [0.15, 0.2) is 0 Å². The lowest BCUT2D eigenvalue weighted by atomic mass is 10.1. The molecule has 21 heavy (non-hydrogen) atoms. The summed E-state index contributed by atoms with van der Waals surface area (Å²) in [4.78, 5) is 17.6. The Bertz CT molecular complexity index is 1030. The van der Waals surface area contributed by atoms with Crippen LogP contribution in [0.2, 0.25) is 0 Å². The number of nitrogens with zero attached hydrogens (tertiary/aromatic N) is 3. The van der Waals surface area contributed by atoms with Crippen molar-refractivity contribution < 1.29 is 0 Å². The SMILES string of the molecule is Cc1cccc(-c2nn3c(=O)c4ccccc4nc3s2)c1. The van der Waals surface area contributed by atoms with E-state index >= 15 is 0 Å². The fourth-order valence-corrected chi connectivity index (χ4v) is 3.24. The third-order valence-corrected chi connectivity index (χ3v) is 4.33. The van der Waals surface area contributed by atoms with Gasteiger partial charge < -0.3 is 0 Å². The molecule has 0 amide bonds. The van der Waals surface area contributed by atoms with Crippen molar-refractivity contribution in [1.29, 1.82) is 0 Å². The molecule has 5 heteroatoms. The fraction of sp³-hybridized carbons (Fsp3) is 0.0625. The van der Waals surface area contributed by atoms with Gasteiger partial charge in [-0.05, 0) is 25.1 Å². The Morgan fingerprint density at radius 3 is 2.81 bits per heavy atom. The fourth-order valence-electron chi connectivity index (χ4n) is 2.35. The predicted molar refractivity (Wildman–Crippen MR) is 84.8 cm³/mol. The molecule has 0 spiro atoms. The monoisotopic (exact) mass is 293 g/mol. The summed E-state index contributed by atoms with van der Waals surface area (Å²) in [5.41, 5.74) is 2.76. The lowest BCUT2D eigenvalue weighted by Crippen LogP contribution is -2.14. The molecule has 0 aliphatic carbocycles. The van der Waals surface area contributed by atoms with E-state index in [9.17, 15) is 4.79 Å². The molecule has 0 atom stereocenters. The van der Waals surface area contributed by atoms with Crippen LogP contribution in [0.25, 0.3) is 26.4 Å². The Kier molecular flexibility index (Phi) is 2.62. The van der Waals surface area contributed by atoms with Crippen LogP contribution in [0.1, 0.15) is 5.56 Å². The van der Waals surface area contributed by atoms with Crippen molar-refractivity contribution in [2.24, 2.45) is 0 Å². The van der Waals surface area contributed by atoms with Crippen LogP contribution >= 0.6 is 11.3 Å². The standard InChI is InChI=1S/C16H11N3OS/c1-10-5-4-6-11(9-10)14-18-19-15(20)12-7-2-3-8-13(12)17-16(19)21-14/h2-9H,1H3. The number of hydrogen-bond acceptors (Lipinski definition) is 4. The van der Waals surface area contributed by atoms with Crippen molar-refractivity contribution >= 4 is 27.2 Å². The van der Waals surface area contributed by atoms with E-state index in [1.54, 1.807) is 6.07 Å². The van der Waals surface area contributed by atoms with E-state index in [1.165, 1.54) is 15.9 Å². The summed E-state index contributed by atoms with van der Waals surface area (Å²) in [6.07, 6.45) is 0. The van der Waals surface area contributed by atoms with Crippen molar-refractivity contribution in [1.82, 2.24) is 14.6 Å². The number of para-hydroxylation sites is 1. The minimum atomic E-state index is -0.120. The first-order valence-corrected chi connectivity index (χ1v) is 7.40. The second kappa shape index (κ2) is 4.49. The van der Waals surface area contributed by atoms with Gasteiger partial charge in [0.2, 0.25) is 4.96 Å². The van der Waals surface area contributed by atoms with Crippen LogP contribution in [-0.4, -0.2) is 14.6 Å². The van der Waals surface area contributed by atoms with E-state index in [0.717, 1.165) is 16.1 Å². The normalized spacial score (nSPS) is 11.3. The highest BCUT2D eigenvalue weighted by molar-refractivity contribution is 7.19. The van der Waals surface area contributed by atoms with Gasteiger partial charge in [0.05, 0.1) is 10.9 Å². The van der Waals surface area contributed by atoms with Gasteiger partial charge in [-0.3, -0.25) is 4.79 Å². The third-order valence-electron chi connectivity index (χ3n) is 3.37. The number of aryl methyl sites for hydroxylation is 1. The number of benzene rings is 2. The molecule has 0 aliphatic heterocycles. The van der Waals surface area contributed by atoms with E-state index < -0.39 is 0 Å². The van der Waals surface area contributed by atoms with Crippen LogP contribution in [0.3, 0.4) is 0 Å². The smallest absolute Gasteiger partial charge is 0.267 e. The topological polar surface area (TPSA) is 47.3 Å². The van der Waals surface area contributed by atoms with Crippen LogP contribution in [0.4, 0.5) is 0 Å². The number of rotatable bonds is 1. The molecule has 0 saturated heterocycles. The summed E-state index contributed by atoms with van der Waals surface area (Å²) in [6, 6.07) is 15.4. The van der Waals surface area contributed by atoms with Crippen LogP contribution < -0.4 is 5.56 Å². The average Bonchev–Trinajstić information content (AvgIpc) is 2.92. The molecule has 0 N–H and O–H groups in total. The second-order valence-electron chi connectivity index (χ2n) is 4.91. The quantitative estimate of drug-likeness (QED) is 0.541. The second-order valence-corrected chi connectivity index (χ2v) is 5.86. The number of fused-ring (bicyclic) bond motifs is 2. The maximum absolute atomic E-state index is 12.5. The molecule has 0 fully saturated rings. The van der Waals surface area contributed by atoms with Gasteiger partial charge in [0, 0.05) is 5.56 Å². The van der Waals surface area contributed by atoms with Gasteiger partial charge >= 0.3 is 0 Å². The minimum Gasteiger partial charge on any atom is -0.267 e. The van der Waals surface area contributed by atoms with E-state index in [2.05, 4.69) is 16.1 Å². The molecule has 2 heterocycles. The van der Waals surface area contributed by atoms with Crippen LogP contribution in [-0.2, 0) is 0 Å². The van der Waals surface area contributed by atoms with Crippen LogP contribution in [0.15, 0.2) is 53.3 Å². The molecule has 2 aromatic carbocycles. The van der Waals surface area contributed by atoms with Crippen molar-refractivity contribution in [2.75, 3.05) is 0 Å². The van der Waals surface area contributed by atoms with Gasteiger partial charge in [-0.25, -0.2) is 4.98 Å². The Labute approximate surface area is 124 Å². The first kappa shape index (κ1) is 12.2. The molecule has 102 valence electrons. The van der Waals surface area contributed by atoms with E-state index in [0.29, 0.717) is 15.9 Å². The van der Waals surface area contributed by atoms with Crippen molar-refractivity contribution in [3.8, 4) is 10.6 Å². The highest BCUT2D eigenvalue weighted by atomic mass is 32.1. The maximum atomic E-state index is 12.5. The molecule has 4 rings (SSSR count). The largest absolute Gasteiger partial charge is 0.283 e. The highest BCUT2D eigenvalue weighted by Gasteiger charge is 2.11. The molecular formula is C16H11N3OS. The molecule has 2 aromatic heterocycles. The summed E-state index contributed by atoms with van der Waals surface area (Å²) >= 11 is 1.43. The van der Waals surface area contributed by atoms with Crippen molar-refractivity contribution in [3.05, 3.63) is 64.4 Å². The third kappa shape index (κ3) is 1.94. The number of hydrogen-bond donors (Lipinski definition) is 0. The zero-order valence-electron chi connectivity index (χ0n) is 11.3. The predicted octanol–water partition coefficient (Wildman–Crippen LogP) is 3.28. The maximum Gasteiger partial charge on any atom is 0.283 e. The molecule has 0 unspecified atom stereocenters.